The number of carbonyl (C=O) groups excluding carboxylic acids is 2. The number of amides is 2. The molecule has 1 heterocycles. The molecule has 0 saturated heterocycles. The summed E-state index contributed by atoms with van der Waals surface area (Å²) in [6.45, 7) is 3.01. The van der Waals surface area contributed by atoms with Crippen LogP contribution in [0.5, 0.6) is 11.5 Å². The van der Waals surface area contributed by atoms with Crippen molar-refractivity contribution in [1.82, 2.24) is 10.2 Å². The smallest absolute Gasteiger partial charge is 0.242 e. The zero-order valence-corrected chi connectivity index (χ0v) is 22.9. The van der Waals surface area contributed by atoms with E-state index in [2.05, 4.69) is 5.32 Å². The molecule has 0 spiro atoms. The van der Waals surface area contributed by atoms with E-state index in [1.807, 2.05) is 30.3 Å². The minimum absolute atomic E-state index is 0.102. The Morgan fingerprint density at radius 1 is 1.03 bits per heavy atom. The van der Waals surface area contributed by atoms with Gasteiger partial charge < -0.3 is 19.7 Å². The first kappa shape index (κ1) is 27.8. The monoisotopic (exact) mass is 543 g/mol. The SMILES string of the molecule is CC(C(=O)NC1CCCC1)N(Cc1ccccc1)C(=O)CCCN(c1ccc2c(c1)OCCO2)S(C)(=O)=O. The first-order valence-corrected chi connectivity index (χ1v) is 15.1. The summed E-state index contributed by atoms with van der Waals surface area (Å²) in [4.78, 5) is 28.1. The van der Waals surface area contributed by atoms with Crippen LogP contribution in [-0.2, 0) is 26.2 Å². The molecule has 206 valence electrons. The Hall–Kier alpha value is -3.27. The van der Waals surface area contributed by atoms with Crippen molar-refractivity contribution < 1.29 is 27.5 Å². The Balaban J connectivity index is 1.44. The number of benzene rings is 2. The molecule has 2 aromatic rings. The molecule has 1 aliphatic heterocycles. The lowest BCUT2D eigenvalue weighted by molar-refractivity contribution is -0.141. The average Bonchev–Trinajstić information content (AvgIpc) is 3.42. The number of carbonyl (C=O) groups is 2. The predicted octanol–water partition coefficient (Wildman–Crippen LogP) is 3.48. The van der Waals surface area contributed by atoms with Gasteiger partial charge in [-0.05, 0) is 43.9 Å². The highest BCUT2D eigenvalue weighted by Gasteiger charge is 2.29. The molecule has 1 fully saturated rings. The van der Waals surface area contributed by atoms with Gasteiger partial charge in [0.25, 0.3) is 0 Å². The average molecular weight is 544 g/mol. The van der Waals surface area contributed by atoms with Crippen LogP contribution in [0.1, 0.15) is 51.0 Å². The fourth-order valence-electron chi connectivity index (χ4n) is 4.95. The Morgan fingerprint density at radius 3 is 2.39 bits per heavy atom. The molecule has 2 aromatic carbocycles. The van der Waals surface area contributed by atoms with E-state index in [4.69, 9.17) is 9.47 Å². The predicted molar refractivity (Wildman–Crippen MR) is 146 cm³/mol. The van der Waals surface area contributed by atoms with E-state index >= 15 is 0 Å². The molecule has 4 rings (SSSR count). The topological polar surface area (TPSA) is 105 Å². The van der Waals surface area contributed by atoms with Gasteiger partial charge in [0.2, 0.25) is 21.8 Å². The van der Waals surface area contributed by atoms with Gasteiger partial charge >= 0.3 is 0 Å². The minimum atomic E-state index is -3.61. The van der Waals surface area contributed by atoms with Crippen molar-refractivity contribution in [1.29, 1.82) is 0 Å². The maximum Gasteiger partial charge on any atom is 0.242 e. The van der Waals surface area contributed by atoms with Crippen LogP contribution in [0.2, 0.25) is 0 Å². The van der Waals surface area contributed by atoms with Gasteiger partial charge in [0.05, 0.1) is 11.9 Å². The van der Waals surface area contributed by atoms with Gasteiger partial charge in [-0.15, -0.1) is 0 Å². The molecule has 10 heteroatoms. The van der Waals surface area contributed by atoms with Gasteiger partial charge in [0.15, 0.2) is 11.5 Å². The fourth-order valence-corrected chi connectivity index (χ4v) is 5.90. The fraction of sp³-hybridized carbons (Fsp3) is 0.500. The van der Waals surface area contributed by atoms with Crippen LogP contribution in [0.3, 0.4) is 0 Å². The van der Waals surface area contributed by atoms with Crippen LogP contribution in [0.4, 0.5) is 5.69 Å². The third-order valence-electron chi connectivity index (χ3n) is 7.03. The molecule has 0 radical (unpaired) electrons. The number of hydrogen-bond acceptors (Lipinski definition) is 6. The molecule has 1 unspecified atom stereocenters. The summed E-state index contributed by atoms with van der Waals surface area (Å²) in [5.41, 5.74) is 1.38. The van der Waals surface area contributed by atoms with Gasteiger partial charge in [0.1, 0.15) is 19.3 Å². The molecule has 1 N–H and O–H groups in total. The molecule has 0 aromatic heterocycles. The highest BCUT2D eigenvalue weighted by atomic mass is 32.2. The first-order valence-electron chi connectivity index (χ1n) is 13.2. The van der Waals surface area contributed by atoms with Crippen LogP contribution >= 0.6 is 0 Å². The second kappa shape index (κ2) is 12.5. The summed E-state index contributed by atoms with van der Waals surface area (Å²) in [6.07, 6.45) is 5.67. The lowest BCUT2D eigenvalue weighted by Gasteiger charge is -2.30. The number of fused-ring (bicyclic) bond motifs is 1. The molecule has 1 saturated carbocycles. The van der Waals surface area contributed by atoms with Crippen molar-refractivity contribution in [2.45, 2.75) is 64.1 Å². The van der Waals surface area contributed by atoms with Gasteiger partial charge in [-0.1, -0.05) is 43.2 Å². The highest BCUT2D eigenvalue weighted by molar-refractivity contribution is 7.92. The number of ether oxygens (including phenoxy) is 2. The zero-order valence-electron chi connectivity index (χ0n) is 22.1. The van der Waals surface area contributed by atoms with Crippen LogP contribution in [0, 0.1) is 0 Å². The normalized spacial score (nSPS) is 16.1. The lowest BCUT2D eigenvalue weighted by atomic mass is 10.1. The van der Waals surface area contributed by atoms with E-state index in [-0.39, 0.29) is 30.8 Å². The molecule has 0 bridgehead atoms. The molecule has 1 aliphatic carbocycles. The van der Waals surface area contributed by atoms with E-state index < -0.39 is 16.1 Å². The number of nitrogens with zero attached hydrogens (tertiary/aromatic N) is 2. The third-order valence-corrected chi connectivity index (χ3v) is 8.22. The molecule has 2 aliphatic rings. The summed E-state index contributed by atoms with van der Waals surface area (Å²) >= 11 is 0. The van der Waals surface area contributed by atoms with Crippen LogP contribution in [-0.4, -0.2) is 63.2 Å². The van der Waals surface area contributed by atoms with E-state index in [1.54, 1.807) is 30.0 Å². The Morgan fingerprint density at radius 2 is 1.71 bits per heavy atom. The summed E-state index contributed by atoms with van der Waals surface area (Å²) in [5, 5.41) is 3.10. The quantitative estimate of drug-likeness (QED) is 0.465. The third kappa shape index (κ3) is 7.18. The largest absolute Gasteiger partial charge is 0.486 e. The Kier molecular flexibility index (Phi) is 9.14. The number of hydrogen-bond donors (Lipinski definition) is 1. The number of rotatable bonds is 11. The molecule has 1 atom stereocenters. The molecular formula is C28H37N3O6S. The van der Waals surface area contributed by atoms with E-state index in [0.29, 0.717) is 43.4 Å². The molecular weight excluding hydrogens is 506 g/mol. The van der Waals surface area contributed by atoms with E-state index in [1.165, 1.54) is 4.31 Å². The highest BCUT2D eigenvalue weighted by Crippen LogP contribution is 2.34. The second-order valence-electron chi connectivity index (χ2n) is 9.94. The Labute approximate surface area is 225 Å². The van der Waals surface area contributed by atoms with E-state index in [9.17, 15) is 18.0 Å². The molecule has 38 heavy (non-hydrogen) atoms. The van der Waals surface area contributed by atoms with Gasteiger partial charge in [0, 0.05) is 31.6 Å². The summed E-state index contributed by atoms with van der Waals surface area (Å²) < 4.78 is 37.7. The van der Waals surface area contributed by atoms with Crippen molar-refractivity contribution in [3.8, 4) is 11.5 Å². The van der Waals surface area contributed by atoms with E-state index in [0.717, 1.165) is 37.5 Å². The summed E-state index contributed by atoms with van der Waals surface area (Å²) in [5.74, 6) is 0.716. The zero-order chi connectivity index (χ0) is 27.1. The maximum atomic E-state index is 13.4. The van der Waals surface area contributed by atoms with Gasteiger partial charge in [-0.2, -0.15) is 0 Å². The first-order chi connectivity index (χ1) is 18.2. The van der Waals surface area contributed by atoms with Gasteiger partial charge in [-0.25, -0.2) is 8.42 Å². The van der Waals surface area contributed by atoms with Crippen LogP contribution in [0.15, 0.2) is 48.5 Å². The maximum absolute atomic E-state index is 13.4. The van der Waals surface area contributed by atoms with Crippen molar-refractivity contribution in [3.05, 3.63) is 54.1 Å². The number of nitrogens with one attached hydrogen (secondary N) is 1. The standard InChI is InChI=1S/C28H37N3O6S/c1-21(28(33)29-23-11-6-7-12-23)30(20-22-9-4-3-5-10-22)27(32)13-8-16-31(38(2,34)35)24-14-15-25-26(19-24)37-18-17-36-25/h3-5,9-10,14-15,19,21,23H,6-8,11-13,16-18,20H2,1-2H3,(H,29,33). The van der Waals surface area contributed by atoms with Gasteiger partial charge in [-0.3, -0.25) is 13.9 Å². The van der Waals surface area contributed by atoms with Crippen molar-refractivity contribution in [3.63, 3.8) is 0 Å². The Bertz CT molecular complexity index is 1210. The summed E-state index contributed by atoms with van der Waals surface area (Å²) in [6, 6.07) is 14.1. The van der Waals surface area contributed by atoms with Crippen molar-refractivity contribution in [2.75, 3.05) is 30.3 Å². The minimum Gasteiger partial charge on any atom is -0.486 e. The summed E-state index contributed by atoms with van der Waals surface area (Å²) in [7, 11) is -3.61. The number of sulfonamides is 1. The second-order valence-corrected chi connectivity index (χ2v) is 11.8. The van der Waals surface area contributed by atoms with Crippen LogP contribution < -0.4 is 19.1 Å². The van der Waals surface area contributed by atoms with Crippen LogP contribution in [0.25, 0.3) is 0 Å². The lowest BCUT2D eigenvalue weighted by Crippen LogP contribution is -2.49. The van der Waals surface area contributed by atoms with Crippen molar-refractivity contribution in [2.24, 2.45) is 0 Å². The molecule has 2 amide bonds. The van der Waals surface area contributed by atoms with Crippen molar-refractivity contribution >= 4 is 27.5 Å². The molecule has 9 nitrogen and oxygen atoms in total. The number of anilines is 1.